The fraction of sp³-hybridized carbons (Fsp3) is 0.227. The van der Waals surface area contributed by atoms with Crippen LogP contribution in [0.5, 0.6) is 0 Å². The van der Waals surface area contributed by atoms with Crippen LogP contribution in [-0.4, -0.2) is 56.9 Å². The summed E-state index contributed by atoms with van der Waals surface area (Å²) < 4.78 is 16.2. The highest BCUT2D eigenvalue weighted by Gasteiger charge is 2.51. The molecule has 5 rings (SSSR count). The van der Waals surface area contributed by atoms with Gasteiger partial charge in [-0.05, 0) is 31.2 Å². The Kier molecular flexibility index (Phi) is 5.23. The molecule has 34 heavy (non-hydrogen) atoms. The Morgan fingerprint density at radius 3 is 2.88 bits per heavy atom. The standard InChI is InChI=1S/C22H20N6O6/c1-22(17(29)19(30)25-13-2-3-14-16(10-13)34-27-18(14)23)20(31)28(8-9-33-22)21-26-15(11-32-21)12-4-6-24-7-5-12/h2-7,10-11,17,29H,8-9H2,1H3,(H2,23,27)(H,25,30)/t17?,22-/m1/s1. The number of ether oxygens (including phenoxy) is 1. The van der Waals surface area contributed by atoms with Crippen molar-refractivity contribution < 1.29 is 28.4 Å². The van der Waals surface area contributed by atoms with Gasteiger partial charge in [0.2, 0.25) is 0 Å². The summed E-state index contributed by atoms with van der Waals surface area (Å²) in [7, 11) is 0. The summed E-state index contributed by atoms with van der Waals surface area (Å²) in [5.74, 6) is -1.28. The minimum Gasteiger partial charge on any atom is -0.431 e. The van der Waals surface area contributed by atoms with Crippen molar-refractivity contribution in [2.75, 3.05) is 29.1 Å². The molecular weight excluding hydrogens is 444 g/mol. The summed E-state index contributed by atoms with van der Waals surface area (Å²) >= 11 is 0. The second-order valence-electron chi connectivity index (χ2n) is 7.83. The smallest absolute Gasteiger partial charge is 0.304 e. The monoisotopic (exact) mass is 464 g/mol. The van der Waals surface area contributed by atoms with E-state index in [4.69, 9.17) is 19.4 Å². The molecule has 0 aliphatic carbocycles. The minimum absolute atomic E-state index is 0.0345. The van der Waals surface area contributed by atoms with Gasteiger partial charge in [-0.15, -0.1) is 0 Å². The van der Waals surface area contributed by atoms with Crippen LogP contribution >= 0.6 is 0 Å². The molecule has 0 spiro atoms. The first-order valence-electron chi connectivity index (χ1n) is 10.3. The number of carbonyl (C=O) groups excluding carboxylic acids is 2. The van der Waals surface area contributed by atoms with Crippen molar-refractivity contribution in [1.82, 2.24) is 15.1 Å². The maximum atomic E-state index is 13.3. The molecule has 4 aromatic rings. The van der Waals surface area contributed by atoms with E-state index in [1.807, 2.05) is 0 Å². The number of anilines is 3. The molecule has 12 heteroatoms. The molecular formula is C22H20N6O6. The fourth-order valence-electron chi connectivity index (χ4n) is 3.70. The van der Waals surface area contributed by atoms with Gasteiger partial charge in [-0.1, -0.05) is 5.16 Å². The summed E-state index contributed by atoms with van der Waals surface area (Å²) in [6.45, 7) is 1.55. The first-order chi connectivity index (χ1) is 16.4. The quantitative estimate of drug-likeness (QED) is 0.394. The number of nitrogens with one attached hydrogen (secondary N) is 1. The van der Waals surface area contributed by atoms with E-state index in [9.17, 15) is 14.7 Å². The number of benzene rings is 1. The van der Waals surface area contributed by atoms with Crippen LogP contribution in [0.25, 0.3) is 22.2 Å². The number of nitrogens with two attached hydrogens (primary N) is 1. The number of morpholine rings is 1. The molecule has 1 aliphatic heterocycles. The third kappa shape index (κ3) is 3.64. The largest absolute Gasteiger partial charge is 0.431 e. The lowest BCUT2D eigenvalue weighted by Gasteiger charge is -2.39. The number of fused-ring (bicyclic) bond motifs is 1. The number of aromatic nitrogens is 3. The topological polar surface area (TPSA) is 170 Å². The molecule has 12 nitrogen and oxygen atoms in total. The first-order valence-corrected chi connectivity index (χ1v) is 10.3. The highest BCUT2D eigenvalue weighted by molar-refractivity contribution is 6.06. The second-order valence-corrected chi connectivity index (χ2v) is 7.83. The van der Waals surface area contributed by atoms with Crippen LogP contribution in [0.4, 0.5) is 17.5 Å². The second kappa shape index (κ2) is 8.24. The Bertz CT molecular complexity index is 1370. The van der Waals surface area contributed by atoms with Crippen LogP contribution in [0.2, 0.25) is 0 Å². The summed E-state index contributed by atoms with van der Waals surface area (Å²) in [6.07, 6.45) is 2.82. The van der Waals surface area contributed by atoms with Gasteiger partial charge in [-0.3, -0.25) is 19.5 Å². The van der Waals surface area contributed by atoms with Gasteiger partial charge in [0.15, 0.2) is 23.1 Å². The molecule has 4 heterocycles. The zero-order valence-corrected chi connectivity index (χ0v) is 18.0. The number of nitrogens with zero attached hydrogens (tertiary/aromatic N) is 4. The molecule has 2 atom stereocenters. The van der Waals surface area contributed by atoms with Crippen molar-refractivity contribution >= 4 is 40.3 Å². The van der Waals surface area contributed by atoms with Crippen molar-refractivity contribution in [3.63, 3.8) is 0 Å². The average Bonchev–Trinajstić information content (AvgIpc) is 3.48. The third-order valence-electron chi connectivity index (χ3n) is 5.62. The van der Waals surface area contributed by atoms with Crippen LogP contribution in [0.1, 0.15) is 6.92 Å². The molecule has 4 N–H and O–H groups in total. The van der Waals surface area contributed by atoms with E-state index in [1.165, 1.54) is 24.2 Å². The van der Waals surface area contributed by atoms with Crippen molar-refractivity contribution in [1.29, 1.82) is 0 Å². The predicted octanol–water partition coefficient (Wildman–Crippen LogP) is 1.58. The molecule has 1 aromatic carbocycles. The van der Waals surface area contributed by atoms with Gasteiger partial charge in [-0.25, -0.2) is 0 Å². The summed E-state index contributed by atoms with van der Waals surface area (Å²) in [5, 5.41) is 17.6. The molecule has 2 amide bonds. The molecule has 1 fully saturated rings. The highest BCUT2D eigenvalue weighted by Crippen LogP contribution is 2.30. The summed E-state index contributed by atoms with van der Waals surface area (Å²) in [6, 6.07) is 8.25. The van der Waals surface area contributed by atoms with Crippen LogP contribution in [0.3, 0.4) is 0 Å². The van der Waals surface area contributed by atoms with Crippen molar-refractivity contribution in [2.24, 2.45) is 0 Å². The Morgan fingerprint density at radius 2 is 2.09 bits per heavy atom. The number of oxazole rings is 1. The van der Waals surface area contributed by atoms with Crippen molar-refractivity contribution in [3.8, 4) is 11.3 Å². The molecule has 174 valence electrons. The number of rotatable bonds is 5. The Labute approximate surface area is 192 Å². The lowest BCUT2D eigenvalue weighted by atomic mass is 9.94. The zero-order valence-electron chi connectivity index (χ0n) is 18.0. The lowest BCUT2D eigenvalue weighted by Crippen LogP contribution is -2.63. The van der Waals surface area contributed by atoms with Gasteiger partial charge < -0.3 is 29.8 Å². The van der Waals surface area contributed by atoms with Crippen LogP contribution in [-0.2, 0) is 14.3 Å². The third-order valence-corrected chi connectivity index (χ3v) is 5.62. The molecule has 0 radical (unpaired) electrons. The zero-order chi connectivity index (χ0) is 23.9. The van der Waals surface area contributed by atoms with Gasteiger partial charge in [0, 0.05) is 29.7 Å². The maximum Gasteiger partial charge on any atom is 0.304 e. The van der Waals surface area contributed by atoms with E-state index < -0.39 is 23.5 Å². The van der Waals surface area contributed by atoms with E-state index in [2.05, 4.69) is 20.4 Å². The van der Waals surface area contributed by atoms with E-state index in [-0.39, 0.29) is 25.0 Å². The van der Waals surface area contributed by atoms with Gasteiger partial charge in [0.25, 0.3) is 11.8 Å². The number of hydrogen-bond donors (Lipinski definition) is 3. The van der Waals surface area contributed by atoms with Crippen LogP contribution in [0.15, 0.2) is 57.9 Å². The number of pyridine rings is 1. The number of amides is 2. The fourth-order valence-corrected chi connectivity index (χ4v) is 3.70. The number of nitrogen functional groups attached to an aromatic ring is 1. The van der Waals surface area contributed by atoms with E-state index in [0.717, 1.165) is 5.56 Å². The predicted molar refractivity (Wildman–Crippen MR) is 120 cm³/mol. The first kappa shape index (κ1) is 21.6. The summed E-state index contributed by atoms with van der Waals surface area (Å²) in [4.78, 5) is 35.7. The summed E-state index contributed by atoms with van der Waals surface area (Å²) in [5.41, 5.74) is 5.79. The molecule has 1 aliphatic rings. The minimum atomic E-state index is -1.87. The number of hydrogen-bond acceptors (Lipinski definition) is 10. The number of aliphatic hydroxyl groups excluding tert-OH is 1. The Morgan fingerprint density at radius 1 is 1.29 bits per heavy atom. The van der Waals surface area contributed by atoms with E-state index in [1.54, 1.807) is 36.7 Å². The van der Waals surface area contributed by atoms with Crippen molar-refractivity contribution in [3.05, 3.63) is 49.0 Å². The van der Waals surface area contributed by atoms with Crippen LogP contribution < -0.4 is 16.0 Å². The number of carbonyl (C=O) groups is 2. The molecule has 0 saturated carbocycles. The molecule has 1 unspecified atom stereocenters. The van der Waals surface area contributed by atoms with Gasteiger partial charge >= 0.3 is 6.01 Å². The Balaban J connectivity index is 1.34. The Hall–Kier alpha value is -4.29. The van der Waals surface area contributed by atoms with E-state index >= 15 is 0 Å². The molecule has 0 bridgehead atoms. The van der Waals surface area contributed by atoms with Gasteiger partial charge in [0.1, 0.15) is 12.0 Å². The molecule has 1 saturated heterocycles. The average molecular weight is 464 g/mol. The maximum absolute atomic E-state index is 13.3. The SMILES string of the molecule is C[C@]1(C(O)C(=O)Nc2ccc3c(N)noc3c2)OCCN(c2nc(-c3ccncc3)co2)C1=O. The van der Waals surface area contributed by atoms with E-state index in [0.29, 0.717) is 22.4 Å². The van der Waals surface area contributed by atoms with Gasteiger partial charge in [-0.2, -0.15) is 4.98 Å². The highest BCUT2D eigenvalue weighted by atomic mass is 16.5. The van der Waals surface area contributed by atoms with Crippen molar-refractivity contribution in [2.45, 2.75) is 18.6 Å². The lowest BCUT2D eigenvalue weighted by molar-refractivity contribution is -0.170. The van der Waals surface area contributed by atoms with Gasteiger partial charge in [0.05, 0.1) is 18.5 Å². The van der Waals surface area contributed by atoms with Crippen LogP contribution in [0, 0.1) is 0 Å². The molecule has 3 aromatic heterocycles. The normalized spacial score (nSPS) is 19.4. The number of aliphatic hydroxyl groups is 1.